The number of hydrogen-bond donors (Lipinski definition) is 3. The summed E-state index contributed by atoms with van der Waals surface area (Å²) in [6.07, 6.45) is 7.42. The van der Waals surface area contributed by atoms with Gasteiger partial charge in [-0.1, -0.05) is 85.5 Å². The first-order valence-electron chi connectivity index (χ1n) is 12.5. The molecular formula is C32H31N3O3. The number of nitrogens with one attached hydrogen (secondary N) is 2. The van der Waals surface area contributed by atoms with Crippen molar-refractivity contribution in [1.29, 1.82) is 0 Å². The number of aromatic amines is 1. The lowest BCUT2D eigenvalue weighted by atomic mass is 9.96. The summed E-state index contributed by atoms with van der Waals surface area (Å²) in [5, 5.41) is 21.1. The summed E-state index contributed by atoms with van der Waals surface area (Å²) >= 11 is 0. The fraction of sp³-hybridized carbons (Fsp3) is 0.125. The quantitative estimate of drug-likeness (QED) is 0.204. The average Bonchev–Trinajstić information content (AvgIpc) is 3.39. The number of amides is 1. The van der Waals surface area contributed by atoms with Crippen LogP contribution in [0.5, 0.6) is 11.5 Å². The van der Waals surface area contributed by atoms with E-state index in [1.807, 2.05) is 74.5 Å². The fourth-order valence-electron chi connectivity index (χ4n) is 4.08. The number of allylic oxidation sites excluding steroid dienone is 3. The van der Waals surface area contributed by atoms with Gasteiger partial charge in [0.25, 0.3) is 5.91 Å². The molecule has 3 aromatic carbocycles. The predicted molar refractivity (Wildman–Crippen MR) is 153 cm³/mol. The maximum absolute atomic E-state index is 12.9. The van der Waals surface area contributed by atoms with Crippen molar-refractivity contribution in [2.24, 2.45) is 0 Å². The second-order valence-corrected chi connectivity index (χ2v) is 8.55. The molecule has 0 aliphatic carbocycles. The Hall–Kier alpha value is -4.84. The molecule has 3 N–H and O–H groups in total. The van der Waals surface area contributed by atoms with Crippen molar-refractivity contribution in [3.05, 3.63) is 115 Å². The molecule has 6 nitrogen and oxygen atoms in total. The summed E-state index contributed by atoms with van der Waals surface area (Å²) in [6, 6.07) is 23.1. The molecule has 0 atom stereocenters. The molecule has 1 aromatic heterocycles. The van der Waals surface area contributed by atoms with Crippen molar-refractivity contribution in [1.82, 2.24) is 15.5 Å². The molecule has 0 bridgehead atoms. The van der Waals surface area contributed by atoms with Gasteiger partial charge in [-0.15, -0.1) is 0 Å². The number of phenols is 1. The molecule has 4 aromatic rings. The summed E-state index contributed by atoms with van der Waals surface area (Å²) in [5.74, 6) is 0.257. The first-order chi connectivity index (χ1) is 18.5. The van der Waals surface area contributed by atoms with Crippen LogP contribution in [-0.4, -0.2) is 34.4 Å². The number of carbonyl (C=O) groups is 1. The molecule has 0 spiro atoms. The van der Waals surface area contributed by atoms with Gasteiger partial charge in [-0.3, -0.25) is 9.89 Å². The van der Waals surface area contributed by atoms with E-state index in [2.05, 4.69) is 34.2 Å². The molecule has 1 amide bonds. The lowest BCUT2D eigenvalue weighted by Gasteiger charge is -2.11. The minimum absolute atomic E-state index is 0.00210. The third-order valence-electron chi connectivity index (χ3n) is 6.06. The first kappa shape index (κ1) is 26.2. The van der Waals surface area contributed by atoms with E-state index in [9.17, 15) is 9.90 Å². The van der Waals surface area contributed by atoms with E-state index in [1.165, 1.54) is 0 Å². The average molecular weight is 506 g/mol. The summed E-state index contributed by atoms with van der Waals surface area (Å²) in [7, 11) is 0. The Morgan fingerprint density at radius 3 is 2.42 bits per heavy atom. The van der Waals surface area contributed by atoms with Crippen molar-refractivity contribution in [3.63, 3.8) is 0 Å². The predicted octanol–water partition coefficient (Wildman–Crippen LogP) is 6.93. The zero-order valence-corrected chi connectivity index (χ0v) is 21.6. The van der Waals surface area contributed by atoms with E-state index >= 15 is 0 Å². The number of phenolic OH excluding ortho intramolecular Hbond substituents is 1. The fourth-order valence-corrected chi connectivity index (χ4v) is 4.08. The first-order valence-corrected chi connectivity index (χ1v) is 12.5. The summed E-state index contributed by atoms with van der Waals surface area (Å²) in [6.45, 7) is 8.31. The molecule has 6 heteroatoms. The SMILES string of the molecule is C=CC=CC(=CC)COc1ccc(-c2n[nH]c(C(=O)NCC)c2-c2ccc(-c3ccccc3)cc2)c(O)c1. The van der Waals surface area contributed by atoms with Gasteiger partial charge in [-0.05, 0) is 48.2 Å². The largest absolute Gasteiger partial charge is 0.507 e. The molecule has 0 aliphatic rings. The minimum Gasteiger partial charge on any atom is -0.507 e. The van der Waals surface area contributed by atoms with E-state index < -0.39 is 0 Å². The Balaban J connectivity index is 1.69. The van der Waals surface area contributed by atoms with E-state index in [4.69, 9.17) is 4.74 Å². The van der Waals surface area contributed by atoms with Crippen LogP contribution in [0.25, 0.3) is 33.5 Å². The Bertz CT molecular complexity index is 1470. The summed E-state index contributed by atoms with van der Waals surface area (Å²) in [4.78, 5) is 12.9. The Morgan fingerprint density at radius 2 is 1.76 bits per heavy atom. The van der Waals surface area contributed by atoms with Gasteiger partial charge in [0.2, 0.25) is 0 Å². The summed E-state index contributed by atoms with van der Waals surface area (Å²) < 4.78 is 5.87. The highest BCUT2D eigenvalue weighted by Crippen LogP contribution is 2.39. The monoisotopic (exact) mass is 505 g/mol. The molecule has 38 heavy (non-hydrogen) atoms. The van der Waals surface area contributed by atoms with Gasteiger partial charge >= 0.3 is 0 Å². The molecule has 0 unspecified atom stereocenters. The summed E-state index contributed by atoms with van der Waals surface area (Å²) in [5.41, 5.74) is 5.87. The van der Waals surface area contributed by atoms with Crippen molar-refractivity contribution in [2.75, 3.05) is 13.2 Å². The van der Waals surface area contributed by atoms with Gasteiger partial charge in [0.15, 0.2) is 0 Å². The molecular weight excluding hydrogens is 474 g/mol. The molecule has 4 rings (SSSR count). The number of carbonyl (C=O) groups excluding carboxylic acids is 1. The number of nitrogens with zero attached hydrogens (tertiary/aromatic N) is 1. The molecule has 0 radical (unpaired) electrons. The van der Waals surface area contributed by atoms with Gasteiger partial charge in [0.05, 0.1) is 0 Å². The van der Waals surface area contributed by atoms with Crippen LogP contribution in [0.15, 0.2) is 109 Å². The normalized spacial score (nSPS) is 11.5. The second kappa shape index (κ2) is 12.4. The van der Waals surface area contributed by atoms with E-state index in [0.717, 1.165) is 22.3 Å². The smallest absolute Gasteiger partial charge is 0.269 e. The van der Waals surface area contributed by atoms with Crippen LogP contribution in [0.4, 0.5) is 0 Å². The second-order valence-electron chi connectivity index (χ2n) is 8.55. The van der Waals surface area contributed by atoms with Crippen LogP contribution >= 0.6 is 0 Å². The number of aromatic nitrogens is 2. The van der Waals surface area contributed by atoms with E-state index in [0.29, 0.717) is 41.4 Å². The Kier molecular flexibility index (Phi) is 8.57. The minimum atomic E-state index is -0.265. The molecule has 1 heterocycles. The van der Waals surface area contributed by atoms with Crippen molar-refractivity contribution >= 4 is 5.91 Å². The number of aromatic hydroxyl groups is 1. The van der Waals surface area contributed by atoms with Crippen LogP contribution in [-0.2, 0) is 0 Å². The maximum atomic E-state index is 12.9. The Labute approximate surface area is 223 Å². The molecule has 0 aliphatic heterocycles. The number of hydrogen-bond acceptors (Lipinski definition) is 4. The zero-order valence-electron chi connectivity index (χ0n) is 21.6. The molecule has 0 fully saturated rings. The van der Waals surface area contributed by atoms with Crippen molar-refractivity contribution in [3.8, 4) is 45.0 Å². The highest BCUT2D eigenvalue weighted by Gasteiger charge is 2.23. The third-order valence-corrected chi connectivity index (χ3v) is 6.06. The standard InChI is InChI=1S/C32H31N3O3/c1-4-7-11-22(5-2)21-38-26-18-19-27(28(36)20-26)30-29(31(35-34-30)32(37)33-6-3)25-16-14-24(15-17-25)23-12-9-8-10-13-23/h4-5,7-20,36H,1,6,21H2,2-3H3,(H,33,37)(H,34,35). The van der Waals surface area contributed by atoms with Gasteiger partial charge in [-0.25, -0.2) is 0 Å². The van der Waals surface area contributed by atoms with Gasteiger partial charge in [0, 0.05) is 23.7 Å². The van der Waals surface area contributed by atoms with E-state index in [-0.39, 0.29) is 11.7 Å². The third kappa shape index (κ3) is 5.93. The lowest BCUT2D eigenvalue weighted by Crippen LogP contribution is -2.23. The molecule has 0 saturated carbocycles. The maximum Gasteiger partial charge on any atom is 0.269 e. The highest BCUT2D eigenvalue weighted by atomic mass is 16.5. The highest BCUT2D eigenvalue weighted by molar-refractivity contribution is 6.03. The number of rotatable bonds is 10. The number of benzene rings is 3. The van der Waals surface area contributed by atoms with Crippen LogP contribution in [0.2, 0.25) is 0 Å². The molecule has 192 valence electrons. The Morgan fingerprint density at radius 1 is 1.05 bits per heavy atom. The van der Waals surface area contributed by atoms with Gasteiger partial charge in [0.1, 0.15) is 29.5 Å². The van der Waals surface area contributed by atoms with E-state index in [1.54, 1.807) is 24.3 Å². The number of H-pyrrole nitrogens is 1. The van der Waals surface area contributed by atoms with Crippen LogP contribution < -0.4 is 10.1 Å². The lowest BCUT2D eigenvalue weighted by molar-refractivity contribution is 0.0951. The van der Waals surface area contributed by atoms with Crippen LogP contribution in [0, 0.1) is 0 Å². The number of ether oxygens (including phenoxy) is 1. The van der Waals surface area contributed by atoms with Gasteiger partial charge in [-0.2, -0.15) is 5.10 Å². The molecule has 0 saturated heterocycles. The van der Waals surface area contributed by atoms with Crippen molar-refractivity contribution < 1.29 is 14.6 Å². The van der Waals surface area contributed by atoms with Crippen LogP contribution in [0.3, 0.4) is 0 Å². The zero-order chi connectivity index (χ0) is 26.9. The van der Waals surface area contributed by atoms with Crippen LogP contribution in [0.1, 0.15) is 24.3 Å². The topological polar surface area (TPSA) is 87.2 Å². The van der Waals surface area contributed by atoms with Crippen molar-refractivity contribution in [2.45, 2.75) is 13.8 Å². The van der Waals surface area contributed by atoms with Gasteiger partial charge < -0.3 is 15.2 Å².